The topological polar surface area (TPSA) is 65.5 Å². The highest BCUT2D eigenvalue weighted by Crippen LogP contribution is 2.17. The van der Waals surface area contributed by atoms with Crippen molar-refractivity contribution in [3.63, 3.8) is 0 Å². The normalized spacial score (nSPS) is 16.0. The quantitative estimate of drug-likeness (QED) is 0.347. The third-order valence-electron chi connectivity index (χ3n) is 3.74. The Morgan fingerprint density at radius 3 is 2.57 bits per heavy atom. The molecule has 1 amide bonds. The molecule has 0 aromatic heterocycles. The van der Waals surface area contributed by atoms with Gasteiger partial charge >= 0.3 is 0 Å². The van der Waals surface area contributed by atoms with Gasteiger partial charge < -0.3 is 16.0 Å². The molecule has 1 rings (SSSR count). The summed E-state index contributed by atoms with van der Waals surface area (Å²) in [5.74, 6) is 0.971. The summed E-state index contributed by atoms with van der Waals surface area (Å²) in [6.45, 7) is 6.57. The Labute approximate surface area is 129 Å². The summed E-state index contributed by atoms with van der Waals surface area (Å²) in [5, 5.41) is 9.55. The van der Waals surface area contributed by atoms with Gasteiger partial charge in [-0.1, -0.05) is 32.6 Å². The van der Waals surface area contributed by atoms with E-state index in [4.69, 9.17) is 0 Å². The molecule has 0 unspecified atom stereocenters. The zero-order valence-electron chi connectivity index (χ0n) is 13.7. The van der Waals surface area contributed by atoms with Crippen LogP contribution in [0.1, 0.15) is 65.2 Å². The first-order chi connectivity index (χ1) is 10.3. The zero-order chi connectivity index (χ0) is 15.3. The Bertz CT molecular complexity index is 311. The Balaban J connectivity index is 2.17. The minimum Gasteiger partial charge on any atom is -0.357 e. The molecule has 0 bridgehead atoms. The minimum atomic E-state index is 0.149. The molecule has 0 heterocycles. The Kier molecular flexibility index (Phi) is 9.66. The summed E-state index contributed by atoms with van der Waals surface area (Å²) in [6.07, 6.45) is 8.83. The number of amides is 1. The molecule has 0 radical (unpaired) electrons. The van der Waals surface area contributed by atoms with E-state index in [2.05, 4.69) is 34.8 Å². The number of nitrogens with zero attached hydrogens (tertiary/aromatic N) is 1. The number of hydrogen-bond donors (Lipinski definition) is 3. The van der Waals surface area contributed by atoms with Gasteiger partial charge in [0.2, 0.25) is 5.91 Å². The maximum atomic E-state index is 11.8. The third-order valence-corrected chi connectivity index (χ3v) is 3.74. The van der Waals surface area contributed by atoms with E-state index in [0.29, 0.717) is 19.0 Å². The predicted octanol–water partition coefficient (Wildman–Crippen LogP) is 2.18. The van der Waals surface area contributed by atoms with Gasteiger partial charge in [-0.15, -0.1) is 0 Å². The smallest absolute Gasteiger partial charge is 0.221 e. The van der Waals surface area contributed by atoms with Crippen molar-refractivity contribution in [3.8, 4) is 0 Å². The van der Waals surface area contributed by atoms with Gasteiger partial charge in [-0.2, -0.15) is 0 Å². The molecule has 122 valence electrons. The molecule has 5 nitrogen and oxygen atoms in total. The molecule has 0 aromatic carbocycles. The Morgan fingerprint density at radius 1 is 1.14 bits per heavy atom. The van der Waals surface area contributed by atoms with Crippen LogP contribution in [0.2, 0.25) is 0 Å². The fourth-order valence-corrected chi connectivity index (χ4v) is 2.56. The van der Waals surface area contributed by atoms with E-state index in [9.17, 15) is 4.79 Å². The molecule has 0 saturated heterocycles. The van der Waals surface area contributed by atoms with Gasteiger partial charge in [-0.25, -0.2) is 0 Å². The summed E-state index contributed by atoms with van der Waals surface area (Å²) >= 11 is 0. The minimum absolute atomic E-state index is 0.149. The average molecular weight is 296 g/mol. The molecule has 0 aromatic rings. The van der Waals surface area contributed by atoms with Crippen LogP contribution in [0.4, 0.5) is 0 Å². The van der Waals surface area contributed by atoms with Gasteiger partial charge in [0, 0.05) is 32.1 Å². The van der Waals surface area contributed by atoms with E-state index in [0.717, 1.165) is 38.3 Å². The van der Waals surface area contributed by atoms with E-state index in [1.54, 1.807) is 0 Å². The lowest BCUT2D eigenvalue weighted by molar-refractivity contribution is -0.121. The Hall–Kier alpha value is -1.26. The molecule has 1 fully saturated rings. The van der Waals surface area contributed by atoms with Crippen LogP contribution < -0.4 is 16.0 Å². The van der Waals surface area contributed by atoms with E-state index in [-0.39, 0.29) is 5.91 Å². The maximum absolute atomic E-state index is 11.8. The van der Waals surface area contributed by atoms with Crippen molar-refractivity contribution in [1.29, 1.82) is 0 Å². The molecule has 0 atom stereocenters. The van der Waals surface area contributed by atoms with Gasteiger partial charge in [0.25, 0.3) is 0 Å². The van der Waals surface area contributed by atoms with Gasteiger partial charge in [0.15, 0.2) is 5.96 Å². The van der Waals surface area contributed by atoms with E-state index >= 15 is 0 Å². The number of carbonyl (C=O) groups is 1. The molecular weight excluding hydrogens is 264 g/mol. The fraction of sp³-hybridized carbons (Fsp3) is 0.875. The number of aliphatic imine (C=N–C) groups is 1. The molecule has 1 aliphatic rings. The molecule has 3 N–H and O–H groups in total. The standard InChI is InChI=1S/C16H32N4O/c1-3-5-8-12-18-16(17-4-2)19-13-11-15(21)20-14-9-6-7-10-14/h14H,3-13H2,1-2H3,(H,20,21)(H2,17,18,19). The van der Waals surface area contributed by atoms with E-state index < -0.39 is 0 Å². The first kappa shape index (κ1) is 17.8. The SMILES string of the molecule is CCCCCN=C(NCC)NCCC(=O)NC1CCCC1. The monoisotopic (exact) mass is 296 g/mol. The summed E-state index contributed by atoms with van der Waals surface area (Å²) in [6, 6.07) is 0.411. The highest BCUT2D eigenvalue weighted by atomic mass is 16.1. The van der Waals surface area contributed by atoms with Crippen molar-refractivity contribution in [2.75, 3.05) is 19.6 Å². The molecule has 0 spiro atoms. The molecule has 1 saturated carbocycles. The highest BCUT2D eigenvalue weighted by molar-refractivity contribution is 5.81. The van der Waals surface area contributed by atoms with E-state index in [1.165, 1.54) is 25.7 Å². The van der Waals surface area contributed by atoms with Crippen LogP contribution in [0.3, 0.4) is 0 Å². The average Bonchev–Trinajstić information content (AvgIpc) is 2.96. The van der Waals surface area contributed by atoms with Crippen LogP contribution in [-0.2, 0) is 4.79 Å². The van der Waals surface area contributed by atoms with Crippen molar-refractivity contribution in [3.05, 3.63) is 0 Å². The molecular formula is C16H32N4O. The first-order valence-corrected chi connectivity index (χ1v) is 8.57. The molecule has 5 heteroatoms. The number of carbonyl (C=O) groups excluding carboxylic acids is 1. The fourth-order valence-electron chi connectivity index (χ4n) is 2.56. The van der Waals surface area contributed by atoms with Crippen LogP contribution in [-0.4, -0.2) is 37.5 Å². The lowest BCUT2D eigenvalue weighted by Gasteiger charge is -2.13. The number of hydrogen-bond acceptors (Lipinski definition) is 2. The first-order valence-electron chi connectivity index (χ1n) is 8.57. The highest BCUT2D eigenvalue weighted by Gasteiger charge is 2.16. The van der Waals surface area contributed by atoms with Crippen LogP contribution in [0, 0.1) is 0 Å². The lowest BCUT2D eigenvalue weighted by atomic mass is 10.2. The second-order valence-corrected chi connectivity index (χ2v) is 5.69. The number of rotatable bonds is 9. The van der Waals surface area contributed by atoms with Crippen molar-refractivity contribution in [2.45, 2.75) is 71.3 Å². The summed E-state index contributed by atoms with van der Waals surface area (Å²) in [4.78, 5) is 16.3. The van der Waals surface area contributed by atoms with Gasteiger partial charge in [-0.3, -0.25) is 9.79 Å². The number of guanidine groups is 1. The zero-order valence-corrected chi connectivity index (χ0v) is 13.7. The van der Waals surface area contributed by atoms with Gasteiger partial charge in [-0.05, 0) is 26.2 Å². The van der Waals surface area contributed by atoms with Crippen LogP contribution in [0.25, 0.3) is 0 Å². The van der Waals surface area contributed by atoms with Crippen molar-refractivity contribution < 1.29 is 4.79 Å². The van der Waals surface area contributed by atoms with Gasteiger partial charge in [0.1, 0.15) is 0 Å². The van der Waals surface area contributed by atoms with E-state index in [1.807, 2.05) is 0 Å². The maximum Gasteiger partial charge on any atom is 0.221 e. The van der Waals surface area contributed by atoms with Crippen LogP contribution in [0.5, 0.6) is 0 Å². The largest absolute Gasteiger partial charge is 0.357 e. The number of unbranched alkanes of at least 4 members (excludes halogenated alkanes) is 2. The summed E-state index contributed by atoms with van der Waals surface area (Å²) in [7, 11) is 0. The summed E-state index contributed by atoms with van der Waals surface area (Å²) in [5.41, 5.74) is 0. The van der Waals surface area contributed by atoms with Crippen molar-refractivity contribution >= 4 is 11.9 Å². The van der Waals surface area contributed by atoms with Crippen LogP contribution >= 0.6 is 0 Å². The number of nitrogens with one attached hydrogen (secondary N) is 3. The third kappa shape index (κ3) is 8.58. The lowest BCUT2D eigenvalue weighted by Crippen LogP contribution is -2.40. The summed E-state index contributed by atoms with van der Waals surface area (Å²) < 4.78 is 0. The van der Waals surface area contributed by atoms with Gasteiger partial charge in [0.05, 0.1) is 0 Å². The molecule has 21 heavy (non-hydrogen) atoms. The predicted molar refractivity (Wildman–Crippen MR) is 88.5 cm³/mol. The second-order valence-electron chi connectivity index (χ2n) is 5.69. The van der Waals surface area contributed by atoms with Crippen molar-refractivity contribution in [1.82, 2.24) is 16.0 Å². The molecule has 0 aliphatic heterocycles. The molecule has 1 aliphatic carbocycles. The second kappa shape index (κ2) is 11.4. The van der Waals surface area contributed by atoms with Crippen molar-refractivity contribution in [2.24, 2.45) is 4.99 Å². The van der Waals surface area contributed by atoms with Crippen LogP contribution in [0.15, 0.2) is 4.99 Å². The Morgan fingerprint density at radius 2 is 1.90 bits per heavy atom.